The van der Waals surface area contributed by atoms with E-state index in [1.165, 1.54) is 0 Å². The molecule has 1 amide bonds. The van der Waals surface area contributed by atoms with Crippen molar-refractivity contribution in [3.63, 3.8) is 0 Å². The monoisotopic (exact) mass is 390 g/mol. The molecule has 0 aliphatic carbocycles. The number of nitrogens with one attached hydrogen (secondary N) is 1. The van der Waals surface area contributed by atoms with E-state index in [-0.39, 0.29) is 19.1 Å². The highest BCUT2D eigenvalue weighted by Gasteiger charge is 2.19. The lowest BCUT2D eigenvalue weighted by Crippen LogP contribution is -2.26. The van der Waals surface area contributed by atoms with Crippen LogP contribution in [0.3, 0.4) is 0 Å². The number of aryl methyl sites for hydroxylation is 1. The molecule has 5 rings (SSSR count). The number of imidazole rings is 1. The van der Waals surface area contributed by atoms with Crippen LogP contribution in [0.4, 0.5) is 0 Å². The minimum Gasteiger partial charge on any atom is -0.454 e. The van der Waals surface area contributed by atoms with Gasteiger partial charge >= 0.3 is 0 Å². The first kappa shape index (κ1) is 17.3. The van der Waals surface area contributed by atoms with Crippen molar-refractivity contribution in [1.82, 2.24) is 19.7 Å². The Balaban J connectivity index is 1.27. The molecule has 0 fully saturated rings. The van der Waals surface area contributed by atoms with Crippen LogP contribution in [0, 0.1) is 6.92 Å². The quantitative estimate of drug-likeness (QED) is 0.563. The maximum absolute atomic E-state index is 12.4. The molecule has 4 heterocycles. The second kappa shape index (κ2) is 6.97. The zero-order chi connectivity index (χ0) is 19.8. The summed E-state index contributed by atoms with van der Waals surface area (Å²) < 4.78 is 18.4. The molecule has 1 aromatic carbocycles. The van der Waals surface area contributed by atoms with Gasteiger partial charge in [-0.3, -0.25) is 4.79 Å². The number of ether oxygens (including phenoxy) is 2. The van der Waals surface area contributed by atoms with Crippen molar-refractivity contribution in [1.29, 1.82) is 0 Å². The lowest BCUT2D eigenvalue weighted by Gasteiger charge is -2.04. The van der Waals surface area contributed by atoms with Gasteiger partial charge in [-0.15, -0.1) is 0 Å². The average molecular weight is 390 g/mol. The van der Waals surface area contributed by atoms with Crippen molar-refractivity contribution in [2.24, 2.45) is 0 Å². The Hall–Kier alpha value is -3.81. The van der Waals surface area contributed by atoms with Crippen LogP contribution >= 0.6 is 0 Å². The van der Waals surface area contributed by atoms with E-state index in [1.54, 1.807) is 13.1 Å². The molecule has 8 nitrogen and oxygen atoms in total. The number of nitrogens with zero attached hydrogens (tertiary/aromatic N) is 3. The number of oxazole rings is 1. The summed E-state index contributed by atoms with van der Waals surface area (Å²) in [4.78, 5) is 21.3. The van der Waals surface area contributed by atoms with E-state index in [2.05, 4.69) is 15.3 Å². The lowest BCUT2D eigenvalue weighted by molar-refractivity contribution is -0.120. The van der Waals surface area contributed by atoms with Gasteiger partial charge in [0.05, 0.1) is 30.4 Å². The molecule has 0 saturated heterocycles. The van der Waals surface area contributed by atoms with E-state index in [4.69, 9.17) is 13.9 Å². The summed E-state index contributed by atoms with van der Waals surface area (Å²) in [5, 5.41) is 2.90. The minimum atomic E-state index is -0.147. The molecule has 1 aliphatic rings. The van der Waals surface area contributed by atoms with Crippen LogP contribution in [0.5, 0.6) is 11.5 Å². The van der Waals surface area contributed by atoms with E-state index < -0.39 is 0 Å². The van der Waals surface area contributed by atoms with Crippen LogP contribution in [0.15, 0.2) is 53.2 Å². The summed E-state index contributed by atoms with van der Waals surface area (Å²) in [5.74, 6) is 3.04. The fourth-order valence-electron chi connectivity index (χ4n) is 3.27. The Morgan fingerprint density at radius 3 is 3.03 bits per heavy atom. The normalized spacial score (nSPS) is 12.4. The van der Waals surface area contributed by atoms with Crippen LogP contribution in [-0.2, 0) is 17.8 Å². The van der Waals surface area contributed by atoms with Crippen molar-refractivity contribution in [2.75, 3.05) is 6.79 Å². The number of hydrogen-bond donors (Lipinski definition) is 1. The van der Waals surface area contributed by atoms with Crippen molar-refractivity contribution >= 4 is 11.4 Å². The lowest BCUT2D eigenvalue weighted by atomic mass is 10.2. The Kier molecular flexibility index (Phi) is 4.16. The maximum atomic E-state index is 12.4. The van der Waals surface area contributed by atoms with Gasteiger partial charge in [-0.05, 0) is 37.3 Å². The van der Waals surface area contributed by atoms with Gasteiger partial charge in [0.15, 0.2) is 11.5 Å². The van der Waals surface area contributed by atoms with E-state index in [9.17, 15) is 4.79 Å². The summed E-state index contributed by atoms with van der Waals surface area (Å²) in [7, 11) is 0. The number of hydrogen-bond acceptors (Lipinski definition) is 6. The molecule has 0 spiro atoms. The predicted octanol–water partition coefficient (Wildman–Crippen LogP) is 2.89. The van der Waals surface area contributed by atoms with Crippen LogP contribution in [0.25, 0.3) is 17.0 Å². The molecule has 8 heteroatoms. The summed E-state index contributed by atoms with van der Waals surface area (Å²) in [5.41, 5.74) is 2.36. The number of pyridine rings is 1. The van der Waals surface area contributed by atoms with Crippen molar-refractivity contribution < 1.29 is 18.7 Å². The van der Waals surface area contributed by atoms with Gasteiger partial charge in [0.25, 0.3) is 0 Å². The fourth-order valence-corrected chi connectivity index (χ4v) is 3.27. The molecule has 1 aliphatic heterocycles. The first-order valence-electron chi connectivity index (χ1n) is 9.21. The highest BCUT2D eigenvalue weighted by molar-refractivity contribution is 5.78. The Bertz CT molecular complexity index is 1210. The van der Waals surface area contributed by atoms with Gasteiger partial charge < -0.3 is 23.6 Å². The van der Waals surface area contributed by atoms with Crippen LogP contribution in [0.1, 0.15) is 17.3 Å². The van der Waals surface area contributed by atoms with Gasteiger partial charge in [-0.1, -0.05) is 6.07 Å². The summed E-state index contributed by atoms with van der Waals surface area (Å²) in [6, 6.07) is 11.3. The van der Waals surface area contributed by atoms with Gasteiger partial charge in [0, 0.05) is 11.8 Å². The topological polar surface area (TPSA) is 90.9 Å². The number of benzene rings is 1. The first-order chi connectivity index (χ1) is 14.2. The van der Waals surface area contributed by atoms with Crippen molar-refractivity contribution in [3.8, 4) is 23.0 Å². The number of rotatable bonds is 5. The molecule has 3 aromatic heterocycles. The zero-order valence-corrected chi connectivity index (χ0v) is 15.7. The summed E-state index contributed by atoms with van der Waals surface area (Å²) in [6.07, 6.45) is 3.83. The van der Waals surface area contributed by atoms with E-state index in [0.29, 0.717) is 35.4 Å². The molecule has 0 bridgehead atoms. The molecule has 1 N–H and O–H groups in total. The first-order valence-corrected chi connectivity index (χ1v) is 9.21. The third kappa shape index (κ3) is 3.29. The molecule has 0 unspecified atom stereocenters. The molecule has 4 aromatic rings. The summed E-state index contributed by atoms with van der Waals surface area (Å²) >= 11 is 0. The molecule has 0 radical (unpaired) electrons. The van der Waals surface area contributed by atoms with E-state index >= 15 is 0 Å². The summed E-state index contributed by atoms with van der Waals surface area (Å²) in [6.45, 7) is 2.35. The molecule has 146 valence electrons. The second-order valence-electron chi connectivity index (χ2n) is 6.71. The molecular weight excluding hydrogens is 372 g/mol. The number of aromatic nitrogens is 3. The smallest absolute Gasteiger partial charge is 0.231 e. The Morgan fingerprint density at radius 2 is 2.10 bits per heavy atom. The molecule has 0 atom stereocenters. The Morgan fingerprint density at radius 1 is 1.21 bits per heavy atom. The molecular formula is C21H18N4O4. The highest BCUT2D eigenvalue weighted by atomic mass is 16.7. The van der Waals surface area contributed by atoms with Crippen molar-refractivity contribution in [3.05, 3.63) is 66.1 Å². The zero-order valence-electron chi connectivity index (χ0n) is 15.7. The van der Waals surface area contributed by atoms with Gasteiger partial charge in [0.2, 0.25) is 18.6 Å². The molecule has 29 heavy (non-hydrogen) atoms. The number of carbonyl (C=O) groups excluding carboxylic acids is 1. The van der Waals surface area contributed by atoms with E-state index in [1.807, 2.05) is 47.0 Å². The fraction of sp³-hybridized carbons (Fsp3) is 0.190. The third-order valence-corrected chi connectivity index (χ3v) is 4.80. The molecule has 0 saturated carbocycles. The van der Waals surface area contributed by atoms with Gasteiger partial charge in [-0.2, -0.15) is 0 Å². The third-order valence-electron chi connectivity index (χ3n) is 4.80. The number of carbonyl (C=O) groups is 1. The highest BCUT2D eigenvalue weighted by Crippen LogP contribution is 2.36. The standard InChI is InChI=1S/C21H18N4O4/c1-13-16(24-21(29-13)14-5-6-17-18(8-14)28-12-27-17)9-20(26)23-11-19-22-10-15-4-2-3-7-25(15)19/h2-8,10H,9,11-12H2,1H3,(H,23,26). The minimum absolute atomic E-state index is 0.128. The van der Waals surface area contributed by atoms with Crippen LogP contribution < -0.4 is 14.8 Å². The largest absolute Gasteiger partial charge is 0.454 e. The average Bonchev–Trinajstić information content (AvgIpc) is 3.45. The Labute approximate surface area is 166 Å². The van der Waals surface area contributed by atoms with Crippen LogP contribution in [-0.4, -0.2) is 27.1 Å². The van der Waals surface area contributed by atoms with Gasteiger partial charge in [0.1, 0.15) is 11.6 Å². The van der Waals surface area contributed by atoms with Gasteiger partial charge in [-0.25, -0.2) is 9.97 Å². The van der Waals surface area contributed by atoms with E-state index in [0.717, 1.165) is 16.9 Å². The maximum Gasteiger partial charge on any atom is 0.231 e. The second-order valence-corrected chi connectivity index (χ2v) is 6.71. The number of amides is 1. The SMILES string of the molecule is Cc1oc(-c2ccc3c(c2)OCO3)nc1CC(=O)NCc1ncc2ccccn12. The number of fused-ring (bicyclic) bond motifs is 2. The van der Waals surface area contributed by atoms with Crippen molar-refractivity contribution in [2.45, 2.75) is 19.9 Å². The predicted molar refractivity (Wildman–Crippen MR) is 104 cm³/mol. The van der Waals surface area contributed by atoms with Crippen LogP contribution in [0.2, 0.25) is 0 Å².